The Kier molecular flexibility index (Phi) is 9.04. The van der Waals surface area contributed by atoms with Crippen LogP contribution in [0.1, 0.15) is 11.6 Å². The van der Waals surface area contributed by atoms with Crippen LogP contribution in [0.5, 0.6) is 5.75 Å². The Morgan fingerprint density at radius 2 is 1.81 bits per heavy atom. The Hall–Kier alpha value is -0.690. The van der Waals surface area contributed by atoms with Crippen LogP contribution in [0.2, 0.25) is 0 Å². The highest BCUT2D eigenvalue weighted by Crippen LogP contribution is 2.35. The van der Waals surface area contributed by atoms with Crippen molar-refractivity contribution in [1.82, 2.24) is 10.2 Å². The molecule has 0 aromatic heterocycles. The smallest absolute Gasteiger partial charge is 0.258 e. The van der Waals surface area contributed by atoms with E-state index in [1.807, 2.05) is 0 Å². The normalized spacial score (nSPS) is 16.8. The number of benzene rings is 1. The van der Waals surface area contributed by atoms with Crippen molar-refractivity contribution in [2.24, 2.45) is 0 Å². The third-order valence-electron chi connectivity index (χ3n) is 3.30. The number of para-hydroxylation sites is 1. The van der Waals surface area contributed by atoms with Crippen LogP contribution in [0.15, 0.2) is 18.2 Å². The molecule has 1 aliphatic rings. The minimum absolute atomic E-state index is 0. The summed E-state index contributed by atoms with van der Waals surface area (Å²) in [6.45, 7) is 2.32. The lowest BCUT2D eigenvalue weighted by atomic mass is 10.0. The fraction of sp³-hybridized carbons (Fsp3) is 0.538. The summed E-state index contributed by atoms with van der Waals surface area (Å²) in [5, 5.41) is 3.11. The second-order valence-corrected chi connectivity index (χ2v) is 4.43. The molecule has 0 saturated carbocycles. The van der Waals surface area contributed by atoms with Crippen molar-refractivity contribution in [3.8, 4) is 5.75 Å². The van der Waals surface area contributed by atoms with Crippen LogP contribution in [0.25, 0.3) is 0 Å². The topological polar surface area (TPSA) is 24.5 Å². The second-order valence-electron chi connectivity index (χ2n) is 4.43. The molecule has 0 amide bonds. The zero-order valence-electron chi connectivity index (χ0n) is 11.5. The molecule has 1 saturated heterocycles. The van der Waals surface area contributed by atoms with Crippen molar-refractivity contribution in [2.75, 3.05) is 33.3 Å². The van der Waals surface area contributed by atoms with Crippen molar-refractivity contribution < 1.29 is 17.9 Å². The standard InChI is InChI=1S/C13H17F3N2O.2ClH/c1-19-12-9(3-2-4-10(12)14)11(13(15)16)18-7-5-17-6-8-18;;/h2-4,11,13,17H,5-8H2,1H3;2*1H/t11-;;/m1../s1. The number of hydrogen-bond acceptors (Lipinski definition) is 3. The van der Waals surface area contributed by atoms with Gasteiger partial charge in [0.25, 0.3) is 6.43 Å². The van der Waals surface area contributed by atoms with Crippen LogP contribution in [-0.2, 0) is 0 Å². The molecule has 0 unspecified atom stereocenters. The summed E-state index contributed by atoms with van der Waals surface area (Å²) in [6, 6.07) is 3.02. The van der Waals surface area contributed by atoms with Gasteiger partial charge in [0, 0.05) is 31.7 Å². The van der Waals surface area contributed by atoms with E-state index < -0.39 is 18.3 Å². The molecule has 1 atom stereocenters. The first-order valence-electron chi connectivity index (χ1n) is 6.20. The summed E-state index contributed by atoms with van der Waals surface area (Å²) in [4.78, 5) is 1.67. The molecule has 1 N–H and O–H groups in total. The van der Waals surface area contributed by atoms with Gasteiger partial charge in [0.1, 0.15) is 6.04 Å². The third kappa shape index (κ3) is 4.64. The number of halogens is 5. The molecule has 0 bridgehead atoms. The quantitative estimate of drug-likeness (QED) is 0.907. The zero-order valence-corrected chi connectivity index (χ0v) is 13.2. The lowest BCUT2D eigenvalue weighted by Gasteiger charge is -2.35. The number of hydrogen-bond donors (Lipinski definition) is 1. The van der Waals surface area contributed by atoms with Crippen molar-refractivity contribution in [1.29, 1.82) is 0 Å². The maximum atomic E-state index is 13.6. The molecular weight excluding hydrogens is 328 g/mol. The molecule has 0 spiro atoms. The summed E-state index contributed by atoms with van der Waals surface area (Å²) in [5.41, 5.74) is 0.208. The summed E-state index contributed by atoms with van der Waals surface area (Å²) in [7, 11) is 1.29. The minimum atomic E-state index is -2.59. The third-order valence-corrected chi connectivity index (χ3v) is 3.30. The Balaban J connectivity index is 0.00000200. The Morgan fingerprint density at radius 1 is 1.19 bits per heavy atom. The van der Waals surface area contributed by atoms with Gasteiger partial charge in [-0.25, -0.2) is 13.2 Å². The molecule has 21 heavy (non-hydrogen) atoms. The van der Waals surface area contributed by atoms with E-state index in [1.165, 1.54) is 25.3 Å². The van der Waals surface area contributed by atoms with Gasteiger partial charge in [0.05, 0.1) is 7.11 Å². The summed E-state index contributed by atoms with van der Waals surface area (Å²) in [5.74, 6) is -0.702. The van der Waals surface area contributed by atoms with Gasteiger partial charge in [-0.1, -0.05) is 12.1 Å². The molecular formula is C13H19Cl2F3N2O. The van der Waals surface area contributed by atoms with Gasteiger partial charge >= 0.3 is 0 Å². The maximum absolute atomic E-state index is 13.6. The van der Waals surface area contributed by atoms with Crippen LogP contribution in [-0.4, -0.2) is 44.6 Å². The average molecular weight is 347 g/mol. The molecule has 1 aromatic rings. The van der Waals surface area contributed by atoms with E-state index in [1.54, 1.807) is 4.90 Å². The number of methoxy groups -OCH3 is 1. The maximum Gasteiger partial charge on any atom is 0.258 e. The Bertz CT molecular complexity index is 432. The van der Waals surface area contributed by atoms with Crippen molar-refractivity contribution in [3.63, 3.8) is 0 Å². The molecule has 1 aromatic carbocycles. The molecule has 1 fully saturated rings. The Morgan fingerprint density at radius 3 is 2.33 bits per heavy atom. The van der Waals surface area contributed by atoms with Crippen molar-refractivity contribution in [3.05, 3.63) is 29.6 Å². The van der Waals surface area contributed by atoms with E-state index >= 15 is 0 Å². The molecule has 1 aliphatic heterocycles. The number of nitrogens with zero attached hydrogens (tertiary/aromatic N) is 1. The Labute approximate surface area is 134 Å². The first-order valence-corrected chi connectivity index (χ1v) is 6.20. The van der Waals surface area contributed by atoms with Gasteiger partial charge in [0.2, 0.25) is 0 Å². The van der Waals surface area contributed by atoms with Gasteiger partial charge < -0.3 is 10.1 Å². The molecule has 0 aliphatic carbocycles. The van der Waals surface area contributed by atoms with E-state index in [0.29, 0.717) is 26.2 Å². The first-order chi connectivity index (χ1) is 9.15. The highest BCUT2D eigenvalue weighted by molar-refractivity contribution is 5.85. The molecule has 1 heterocycles. The second kappa shape index (κ2) is 9.35. The average Bonchev–Trinajstić information content (AvgIpc) is 2.40. The first kappa shape index (κ1) is 20.3. The molecule has 3 nitrogen and oxygen atoms in total. The lowest BCUT2D eigenvalue weighted by Crippen LogP contribution is -2.47. The molecule has 8 heteroatoms. The number of ether oxygens (including phenoxy) is 1. The van der Waals surface area contributed by atoms with Gasteiger partial charge in [-0.15, -0.1) is 24.8 Å². The highest BCUT2D eigenvalue weighted by Gasteiger charge is 2.33. The van der Waals surface area contributed by atoms with Crippen LogP contribution in [0.3, 0.4) is 0 Å². The van der Waals surface area contributed by atoms with Crippen LogP contribution in [0.4, 0.5) is 13.2 Å². The monoisotopic (exact) mass is 346 g/mol. The van der Waals surface area contributed by atoms with E-state index in [-0.39, 0.29) is 36.1 Å². The summed E-state index contributed by atoms with van der Waals surface area (Å²) in [6.07, 6.45) is -2.59. The van der Waals surface area contributed by atoms with E-state index in [2.05, 4.69) is 5.32 Å². The van der Waals surface area contributed by atoms with Crippen LogP contribution < -0.4 is 10.1 Å². The van der Waals surface area contributed by atoms with Gasteiger partial charge in [-0.2, -0.15) is 0 Å². The van der Waals surface area contributed by atoms with Crippen LogP contribution >= 0.6 is 24.8 Å². The summed E-state index contributed by atoms with van der Waals surface area (Å²) < 4.78 is 45.3. The van der Waals surface area contributed by atoms with Crippen molar-refractivity contribution in [2.45, 2.75) is 12.5 Å². The number of alkyl halides is 2. The van der Waals surface area contributed by atoms with Gasteiger partial charge in [0.15, 0.2) is 11.6 Å². The molecule has 122 valence electrons. The number of piperazine rings is 1. The zero-order chi connectivity index (χ0) is 13.8. The summed E-state index contributed by atoms with van der Waals surface area (Å²) >= 11 is 0. The fourth-order valence-electron chi connectivity index (χ4n) is 2.43. The number of rotatable bonds is 4. The van der Waals surface area contributed by atoms with Gasteiger partial charge in [-0.05, 0) is 6.07 Å². The molecule has 0 radical (unpaired) electrons. The van der Waals surface area contributed by atoms with E-state index in [4.69, 9.17) is 4.74 Å². The fourth-order valence-corrected chi connectivity index (χ4v) is 2.43. The largest absolute Gasteiger partial charge is 0.493 e. The van der Waals surface area contributed by atoms with Crippen LogP contribution in [0, 0.1) is 5.82 Å². The highest BCUT2D eigenvalue weighted by atomic mass is 35.5. The predicted octanol–water partition coefficient (Wildman–Crippen LogP) is 2.89. The minimum Gasteiger partial charge on any atom is -0.493 e. The number of nitrogens with one attached hydrogen (secondary N) is 1. The van der Waals surface area contributed by atoms with Crippen molar-refractivity contribution >= 4 is 24.8 Å². The SMILES string of the molecule is COc1c(F)cccc1[C@H](C(F)F)N1CCNCC1.Cl.Cl. The van der Waals surface area contributed by atoms with E-state index in [9.17, 15) is 13.2 Å². The van der Waals surface area contributed by atoms with E-state index in [0.717, 1.165) is 0 Å². The van der Waals surface area contributed by atoms with Gasteiger partial charge in [-0.3, -0.25) is 4.90 Å². The predicted molar refractivity (Wildman–Crippen MR) is 80.6 cm³/mol. The lowest BCUT2D eigenvalue weighted by molar-refractivity contribution is 0.0168. The molecule has 2 rings (SSSR count).